The van der Waals surface area contributed by atoms with Crippen LogP contribution < -0.4 is 0 Å². The number of pyridine rings is 1. The van der Waals surface area contributed by atoms with Crippen LogP contribution in [0.5, 0.6) is 0 Å². The summed E-state index contributed by atoms with van der Waals surface area (Å²) >= 11 is -0.950. The molecule has 1 aromatic rings. The van der Waals surface area contributed by atoms with Crippen LogP contribution in [0.2, 0.25) is 0 Å². The van der Waals surface area contributed by atoms with Gasteiger partial charge < -0.3 is 4.55 Å². The number of hydrogen-bond acceptors (Lipinski definition) is 2. The Morgan fingerprint density at radius 2 is 2.36 bits per heavy atom. The van der Waals surface area contributed by atoms with Crippen molar-refractivity contribution in [3.8, 4) is 0 Å². The summed E-state index contributed by atoms with van der Waals surface area (Å²) < 4.78 is 10.9. The minimum atomic E-state index is -0.950. The molecule has 1 aromatic heterocycles. The van der Waals surface area contributed by atoms with E-state index in [9.17, 15) is 4.55 Å². The van der Waals surface area contributed by atoms with Gasteiger partial charge in [0.15, 0.2) is 0 Å². The molecule has 4 heteroatoms. The lowest BCUT2D eigenvalue weighted by Crippen LogP contribution is -2.00. The van der Waals surface area contributed by atoms with Crippen molar-refractivity contribution in [3.63, 3.8) is 0 Å². The first-order valence-corrected chi connectivity index (χ1v) is 5.08. The standard InChI is InChI=1S/C7H10BNOS/c1-11(10)7-3-2-6(4-8)5-9-7/h2-3,5H,4,8H2,1H3. The van der Waals surface area contributed by atoms with Crippen LogP contribution in [-0.2, 0) is 17.5 Å². The number of rotatable bonds is 2. The van der Waals surface area contributed by atoms with Gasteiger partial charge in [-0.05, 0) is 5.56 Å². The topological polar surface area (TPSA) is 36.0 Å². The zero-order valence-corrected chi connectivity index (χ0v) is 7.52. The largest absolute Gasteiger partial charge is 0.610 e. The maximum absolute atomic E-state index is 10.9. The van der Waals surface area contributed by atoms with E-state index in [0.29, 0.717) is 5.03 Å². The minimum Gasteiger partial charge on any atom is -0.610 e. The average Bonchev–Trinajstić information content (AvgIpc) is 2.05. The van der Waals surface area contributed by atoms with E-state index < -0.39 is 11.2 Å². The third-order valence-corrected chi connectivity index (χ3v) is 2.33. The lowest BCUT2D eigenvalue weighted by atomic mass is 9.99. The third-order valence-electron chi connectivity index (χ3n) is 1.50. The van der Waals surface area contributed by atoms with Gasteiger partial charge in [0.1, 0.15) is 14.1 Å². The Labute approximate surface area is 70.6 Å². The molecule has 0 aliphatic carbocycles. The molecule has 1 heterocycles. The molecule has 0 radical (unpaired) electrons. The van der Waals surface area contributed by atoms with E-state index in [2.05, 4.69) is 12.8 Å². The Bertz CT molecular complexity index is 224. The third kappa shape index (κ3) is 2.24. The highest BCUT2D eigenvalue weighted by atomic mass is 32.2. The summed E-state index contributed by atoms with van der Waals surface area (Å²) in [5.41, 5.74) is 1.18. The molecule has 1 rings (SSSR count). The zero-order chi connectivity index (χ0) is 8.27. The predicted octanol–water partition coefficient (Wildman–Crippen LogP) is -0.0479. The monoisotopic (exact) mass is 167 g/mol. The van der Waals surface area contributed by atoms with Gasteiger partial charge in [0.2, 0.25) is 5.03 Å². The molecule has 0 N–H and O–H groups in total. The lowest BCUT2D eigenvalue weighted by Gasteiger charge is -2.02. The molecular weight excluding hydrogens is 157 g/mol. The Balaban J connectivity index is 2.83. The molecule has 0 amide bonds. The first kappa shape index (κ1) is 8.62. The SMILES string of the molecule is BCc1ccc([S+](C)[O-])nc1. The summed E-state index contributed by atoms with van der Waals surface area (Å²) in [4.78, 5) is 4.05. The summed E-state index contributed by atoms with van der Waals surface area (Å²) in [6.07, 6.45) is 4.38. The van der Waals surface area contributed by atoms with Gasteiger partial charge in [-0.3, -0.25) is 0 Å². The van der Waals surface area contributed by atoms with Gasteiger partial charge >= 0.3 is 0 Å². The summed E-state index contributed by atoms with van der Waals surface area (Å²) in [5, 5.41) is 0.655. The lowest BCUT2D eigenvalue weighted by molar-refractivity contribution is 0.597. The molecule has 0 saturated carbocycles. The van der Waals surface area contributed by atoms with Gasteiger partial charge in [0, 0.05) is 23.4 Å². The molecule has 11 heavy (non-hydrogen) atoms. The van der Waals surface area contributed by atoms with Crippen molar-refractivity contribution < 1.29 is 4.55 Å². The minimum absolute atomic E-state index is 0.655. The van der Waals surface area contributed by atoms with Crippen molar-refractivity contribution in [2.75, 3.05) is 6.26 Å². The molecule has 1 atom stereocenters. The normalized spacial score (nSPS) is 12.9. The van der Waals surface area contributed by atoms with E-state index in [1.165, 1.54) is 5.56 Å². The summed E-state index contributed by atoms with van der Waals surface area (Å²) in [6.45, 7) is 0. The highest BCUT2D eigenvalue weighted by Crippen LogP contribution is 2.05. The van der Waals surface area contributed by atoms with Crippen LogP contribution in [0.1, 0.15) is 5.56 Å². The van der Waals surface area contributed by atoms with Crippen molar-refractivity contribution in [2.45, 2.75) is 11.3 Å². The van der Waals surface area contributed by atoms with Crippen LogP contribution in [0.3, 0.4) is 0 Å². The Morgan fingerprint density at radius 3 is 2.73 bits per heavy atom. The molecular formula is C7H10BNOS. The average molecular weight is 167 g/mol. The van der Waals surface area contributed by atoms with Gasteiger partial charge in [-0.2, -0.15) is 0 Å². The zero-order valence-electron chi connectivity index (χ0n) is 6.70. The molecule has 2 nitrogen and oxygen atoms in total. The van der Waals surface area contributed by atoms with Gasteiger partial charge in [0.25, 0.3) is 0 Å². The van der Waals surface area contributed by atoms with E-state index in [4.69, 9.17) is 0 Å². The van der Waals surface area contributed by atoms with Crippen LogP contribution in [0.25, 0.3) is 0 Å². The highest BCUT2D eigenvalue weighted by Gasteiger charge is 2.03. The molecule has 58 valence electrons. The van der Waals surface area contributed by atoms with Crippen LogP contribution in [0.4, 0.5) is 0 Å². The van der Waals surface area contributed by atoms with Crippen molar-refractivity contribution in [2.24, 2.45) is 0 Å². The Kier molecular flexibility index (Phi) is 2.97. The summed E-state index contributed by atoms with van der Waals surface area (Å²) in [6, 6.07) is 3.78. The maximum Gasteiger partial charge on any atom is 0.244 e. The quantitative estimate of drug-likeness (QED) is 0.457. The smallest absolute Gasteiger partial charge is 0.244 e. The molecule has 0 saturated heterocycles. The van der Waals surface area contributed by atoms with Crippen LogP contribution in [-0.4, -0.2) is 23.6 Å². The molecule has 0 fully saturated rings. The molecule has 0 aromatic carbocycles. The second-order valence-corrected chi connectivity index (χ2v) is 3.64. The van der Waals surface area contributed by atoms with E-state index in [1.807, 2.05) is 12.1 Å². The van der Waals surface area contributed by atoms with Crippen molar-refractivity contribution in [1.29, 1.82) is 0 Å². The van der Waals surface area contributed by atoms with E-state index in [0.717, 1.165) is 6.32 Å². The fourth-order valence-corrected chi connectivity index (χ4v) is 1.25. The van der Waals surface area contributed by atoms with Crippen molar-refractivity contribution in [3.05, 3.63) is 23.9 Å². The van der Waals surface area contributed by atoms with Crippen molar-refractivity contribution in [1.82, 2.24) is 4.98 Å². The van der Waals surface area contributed by atoms with Crippen LogP contribution >= 0.6 is 0 Å². The van der Waals surface area contributed by atoms with E-state index >= 15 is 0 Å². The maximum atomic E-state index is 10.9. The van der Waals surface area contributed by atoms with Crippen LogP contribution in [0.15, 0.2) is 23.4 Å². The van der Waals surface area contributed by atoms with Gasteiger partial charge in [-0.15, -0.1) is 0 Å². The van der Waals surface area contributed by atoms with Gasteiger partial charge in [0.05, 0.1) is 0 Å². The van der Waals surface area contributed by atoms with Crippen molar-refractivity contribution >= 4 is 19.0 Å². The first-order valence-electron chi connectivity index (χ1n) is 3.52. The number of nitrogens with zero attached hydrogens (tertiary/aromatic N) is 1. The number of aromatic nitrogens is 1. The molecule has 0 aliphatic heterocycles. The predicted molar refractivity (Wildman–Crippen MR) is 48.8 cm³/mol. The van der Waals surface area contributed by atoms with E-state index in [1.54, 1.807) is 12.5 Å². The second-order valence-electron chi connectivity index (χ2n) is 2.31. The fourth-order valence-electron chi connectivity index (χ4n) is 0.790. The fraction of sp³-hybridized carbons (Fsp3) is 0.286. The van der Waals surface area contributed by atoms with E-state index in [-0.39, 0.29) is 0 Å². The highest BCUT2D eigenvalue weighted by molar-refractivity contribution is 7.90. The molecule has 0 aliphatic rings. The molecule has 1 unspecified atom stereocenters. The number of hydrogen-bond donors (Lipinski definition) is 0. The molecule has 0 bridgehead atoms. The second kappa shape index (κ2) is 3.78. The van der Waals surface area contributed by atoms with Gasteiger partial charge in [-0.1, -0.05) is 12.4 Å². The molecule has 0 spiro atoms. The van der Waals surface area contributed by atoms with Gasteiger partial charge in [-0.25, -0.2) is 4.98 Å². The summed E-state index contributed by atoms with van der Waals surface area (Å²) in [7, 11) is 2.07. The van der Waals surface area contributed by atoms with Crippen LogP contribution in [0, 0.1) is 0 Å². The first-order chi connectivity index (χ1) is 5.24. The Hall–Kier alpha value is -0.475. The Morgan fingerprint density at radius 1 is 1.64 bits per heavy atom. The summed E-state index contributed by atoms with van der Waals surface area (Å²) in [5.74, 6) is 0.